The molecule has 14 heavy (non-hydrogen) atoms. The molecule has 74 valence electrons. The molecule has 0 heterocycles. The highest BCUT2D eigenvalue weighted by Crippen LogP contribution is 2.17. The van der Waals surface area contributed by atoms with Crippen LogP contribution in [0.2, 0.25) is 0 Å². The molecule has 0 saturated heterocycles. The Balaban J connectivity index is 4.53. The van der Waals surface area contributed by atoms with Crippen LogP contribution in [0.15, 0.2) is 15.0 Å². The lowest BCUT2D eigenvalue weighted by Crippen LogP contribution is -2.27. The van der Waals surface area contributed by atoms with Gasteiger partial charge in [0.2, 0.25) is 18.2 Å². The first kappa shape index (κ1) is 12.1. The number of rotatable bonds is 6. The van der Waals surface area contributed by atoms with Crippen LogP contribution in [0, 0.1) is 5.41 Å². The molecule has 6 heteroatoms. The van der Waals surface area contributed by atoms with Gasteiger partial charge in [-0.05, 0) is 0 Å². The van der Waals surface area contributed by atoms with E-state index >= 15 is 0 Å². The number of carbonyl (C=O) groups excluding carboxylic acids is 3. The van der Waals surface area contributed by atoms with Gasteiger partial charge in [0.05, 0.1) is 19.6 Å². The van der Waals surface area contributed by atoms with E-state index in [0.29, 0.717) is 0 Å². The lowest BCUT2D eigenvalue weighted by atomic mass is 9.91. The van der Waals surface area contributed by atoms with Crippen molar-refractivity contribution in [1.82, 2.24) is 0 Å². The van der Waals surface area contributed by atoms with Gasteiger partial charge in [-0.1, -0.05) is 6.92 Å². The van der Waals surface area contributed by atoms with E-state index in [1.54, 1.807) is 6.92 Å². The Morgan fingerprint density at radius 3 is 1.36 bits per heavy atom. The predicted molar refractivity (Wildman–Crippen MR) is 47.1 cm³/mol. The number of aliphatic imine (C=N–C) groups is 3. The van der Waals surface area contributed by atoms with Gasteiger partial charge in [-0.25, -0.2) is 29.4 Å². The van der Waals surface area contributed by atoms with Crippen LogP contribution >= 0.6 is 0 Å². The molecular weight excluding hydrogens is 186 g/mol. The van der Waals surface area contributed by atoms with Gasteiger partial charge in [0.15, 0.2) is 0 Å². The first-order valence-electron chi connectivity index (χ1n) is 3.79. The van der Waals surface area contributed by atoms with Crippen LogP contribution in [0.1, 0.15) is 6.92 Å². The third-order valence-corrected chi connectivity index (χ3v) is 1.58. The molecule has 0 N–H and O–H groups in total. The molecule has 0 fully saturated rings. The van der Waals surface area contributed by atoms with Crippen molar-refractivity contribution in [1.29, 1.82) is 0 Å². The van der Waals surface area contributed by atoms with E-state index < -0.39 is 5.41 Å². The van der Waals surface area contributed by atoms with Crippen molar-refractivity contribution in [2.24, 2.45) is 20.4 Å². The molecule has 0 amide bonds. The zero-order chi connectivity index (χ0) is 10.9. The molecule has 6 nitrogen and oxygen atoms in total. The standard InChI is InChI=1S/C8H9N3O3/c1-8(2-9-5-12,3-10-6-13)4-11-7-14/h2-4H2,1H3. The first-order chi connectivity index (χ1) is 6.68. The van der Waals surface area contributed by atoms with E-state index in [9.17, 15) is 14.4 Å². The van der Waals surface area contributed by atoms with Crippen molar-refractivity contribution < 1.29 is 14.4 Å². The molecule has 0 aromatic carbocycles. The Bertz CT molecular complexity index is 270. The van der Waals surface area contributed by atoms with E-state index in [1.165, 1.54) is 18.2 Å². The fourth-order valence-electron chi connectivity index (χ4n) is 0.819. The third-order valence-electron chi connectivity index (χ3n) is 1.58. The van der Waals surface area contributed by atoms with Crippen molar-refractivity contribution in [2.45, 2.75) is 6.92 Å². The predicted octanol–water partition coefficient (Wildman–Crippen LogP) is 0.0001000. The van der Waals surface area contributed by atoms with Crippen LogP contribution in [-0.2, 0) is 14.4 Å². The molecule has 0 saturated carbocycles. The maximum atomic E-state index is 9.89. The summed E-state index contributed by atoms with van der Waals surface area (Å²) >= 11 is 0. The summed E-state index contributed by atoms with van der Waals surface area (Å²) in [5.41, 5.74) is -0.633. The molecule has 0 spiro atoms. The van der Waals surface area contributed by atoms with Gasteiger partial charge < -0.3 is 0 Å². The number of hydrogen-bond acceptors (Lipinski definition) is 6. The van der Waals surface area contributed by atoms with Crippen molar-refractivity contribution in [3.05, 3.63) is 0 Å². The van der Waals surface area contributed by atoms with Crippen molar-refractivity contribution >= 4 is 18.2 Å². The van der Waals surface area contributed by atoms with Crippen LogP contribution in [-0.4, -0.2) is 37.9 Å². The summed E-state index contributed by atoms with van der Waals surface area (Å²) in [6.45, 7) is 2.00. The Labute approximate surface area is 80.5 Å². The Hall–Kier alpha value is -1.86. The molecule has 0 radical (unpaired) electrons. The summed E-state index contributed by atoms with van der Waals surface area (Å²) in [7, 11) is 0. The minimum absolute atomic E-state index is 0.104. The van der Waals surface area contributed by atoms with E-state index in [2.05, 4.69) is 15.0 Å². The van der Waals surface area contributed by atoms with Crippen molar-refractivity contribution in [3.8, 4) is 0 Å². The van der Waals surface area contributed by atoms with Gasteiger partial charge in [0.1, 0.15) is 0 Å². The highest BCUT2D eigenvalue weighted by Gasteiger charge is 2.23. The van der Waals surface area contributed by atoms with Gasteiger partial charge in [0, 0.05) is 5.41 Å². The minimum atomic E-state index is -0.633. The monoisotopic (exact) mass is 195 g/mol. The van der Waals surface area contributed by atoms with Crippen LogP contribution in [0.4, 0.5) is 0 Å². The van der Waals surface area contributed by atoms with Crippen molar-refractivity contribution in [2.75, 3.05) is 19.6 Å². The maximum Gasteiger partial charge on any atom is 0.234 e. The number of hydrogen-bond donors (Lipinski definition) is 0. The third kappa shape index (κ3) is 4.91. The van der Waals surface area contributed by atoms with Gasteiger partial charge in [-0.3, -0.25) is 0 Å². The number of nitrogens with zero attached hydrogens (tertiary/aromatic N) is 3. The summed E-state index contributed by atoms with van der Waals surface area (Å²) in [4.78, 5) is 39.8. The van der Waals surface area contributed by atoms with Crippen LogP contribution in [0.25, 0.3) is 0 Å². The molecule has 0 aliphatic carbocycles. The molecule has 0 aliphatic rings. The molecule has 0 bridgehead atoms. The molecule has 0 atom stereocenters. The van der Waals surface area contributed by atoms with Gasteiger partial charge in [-0.2, -0.15) is 0 Å². The fraction of sp³-hybridized carbons (Fsp3) is 0.625. The summed E-state index contributed by atoms with van der Waals surface area (Å²) in [6, 6.07) is 0. The Morgan fingerprint density at radius 1 is 0.857 bits per heavy atom. The second-order valence-corrected chi connectivity index (χ2v) is 3.03. The highest BCUT2D eigenvalue weighted by atomic mass is 16.1. The largest absolute Gasteiger partial charge is 0.234 e. The quantitative estimate of drug-likeness (QED) is 0.441. The lowest BCUT2D eigenvalue weighted by molar-refractivity contribution is 0.362. The van der Waals surface area contributed by atoms with Gasteiger partial charge >= 0.3 is 0 Å². The summed E-state index contributed by atoms with van der Waals surface area (Å²) < 4.78 is 0. The van der Waals surface area contributed by atoms with E-state index in [4.69, 9.17) is 0 Å². The summed E-state index contributed by atoms with van der Waals surface area (Å²) in [6.07, 6.45) is 4.11. The topological polar surface area (TPSA) is 88.3 Å². The smallest absolute Gasteiger partial charge is 0.211 e. The maximum absolute atomic E-state index is 9.89. The second-order valence-electron chi connectivity index (χ2n) is 3.03. The Morgan fingerprint density at radius 2 is 1.14 bits per heavy atom. The average Bonchev–Trinajstić information content (AvgIpc) is 2.21. The normalized spacial score (nSPS) is 12.6. The first-order valence-corrected chi connectivity index (χ1v) is 3.79. The van der Waals surface area contributed by atoms with Gasteiger partial charge in [0.25, 0.3) is 0 Å². The van der Waals surface area contributed by atoms with Crippen molar-refractivity contribution in [3.63, 3.8) is 0 Å². The highest BCUT2D eigenvalue weighted by molar-refractivity contribution is 5.35. The molecule has 0 aromatic rings. The summed E-state index contributed by atoms with van der Waals surface area (Å²) in [5, 5.41) is 0. The van der Waals surface area contributed by atoms with Crippen LogP contribution < -0.4 is 0 Å². The average molecular weight is 195 g/mol. The summed E-state index contributed by atoms with van der Waals surface area (Å²) in [5.74, 6) is 0. The zero-order valence-electron chi connectivity index (χ0n) is 7.69. The lowest BCUT2D eigenvalue weighted by Gasteiger charge is -2.20. The molecule has 0 unspecified atom stereocenters. The molecular formula is C8H9N3O3. The second kappa shape index (κ2) is 6.63. The van der Waals surface area contributed by atoms with Crippen LogP contribution in [0.3, 0.4) is 0 Å². The van der Waals surface area contributed by atoms with Gasteiger partial charge in [-0.15, -0.1) is 0 Å². The molecule has 0 aliphatic heterocycles. The fourth-order valence-corrected chi connectivity index (χ4v) is 0.819. The minimum Gasteiger partial charge on any atom is -0.211 e. The van der Waals surface area contributed by atoms with E-state index in [-0.39, 0.29) is 19.6 Å². The number of isocyanates is 3. The molecule has 0 aromatic heterocycles. The van der Waals surface area contributed by atoms with E-state index in [1.807, 2.05) is 0 Å². The van der Waals surface area contributed by atoms with E-state index in [0.717, 1.165) is 0 Å². The molecule has 0 rings (SSSR count). The SMILES string of the molecule is CC(CN=C=O)(CN=C=O)CN=C=O. The van der Waals surface area contributed by atoms with Crippen LogP contribution in [0.5, 0.6) is 0 Å². The Kier molecular flexibility index (Phi) is 5.75. The zero-order valence-corrected chi connectivity index (χ0v) is 7.69.